The van der Waals surface area contributed by atoms with Crippen LogP contribution in [0.5, 0.6) is 0 Å². The Bertz CT molecular complexity index is 4270. The number of aromatic nitrogens is 4. The van der Waals surface area contributed by atoms with Crippen LogP contribution in [0.15, 0.2) is 211 Å². The van der Waals surface area contributed by atoms with Gasteiger partial charge in [-0.3, -0.25) is 0 Å². The largest absolute Gasteiger partial charge is 0.455 e. The molecule has 0 radical (unpaired) electrons. The maximum atomic E-state index is 6.85. The average Bonchev–Trinajstić information content (AvgIpc) is 3.90. The van der Waals surface area contributed by atoms with Crippen molar-refractivity contribution in [2.45, 2.75) is 0 Å². The Labute approximate surface area is 366 Å². The molecule has 14 aromatic rings. The van der Waals surface area contributed by atoms with E-state index in [2.05, 4.69) is 199 Å². The van der Waals surface area contributed by atoms with Gasteiger partial charge < -0.3 is 8.98 Å². The second kappa shape index (κ2) is 13.4. The molecule has 5 nitrogen and oxygen atoms in total. The van der Waals surface area contributed by atoms with Gasteiger partial charge in [-0.2, -0.15) is 0 Å². The van der Waals surface area contributed by atoms with Crippen LogP contribution in [0.2, 0.25) is 0 Å². The molecular weight excluding hydrogens is 781 g/mol. The number of rotatable bonds is 4. The number of hydrogen-bond donors (Lipinski definition) is 0. The normalized spacial score (nSPS) is 12.1. The van der Waals surface area contributed by atoms with E-state index >= 15 is 0 Å². The smallest absolute Gasteiger partial charge is 0.167 e. The first-order valence-corrected chi connectivity index (χ1v) is 21.7. The van der Waals surface area contributed by atoms with Crippen molar-refractivity contribution in [2.75, 3.05) is 0 Å². The fraction of sp³-hybridized carbons (Fsp3) is 0. The van der Waals surface area contributed by atoms with E-state index in [0.29, 0.717) is 17.5 Å². The summed E-state index contributed by atoms with van der Waals surface area (Å²) in [5.41, 5.74) is 7.41. The molecule has 0 unspecified atom stereocenters. The number of benzene rings is 11. The van der Waals surface area contributed by atoms with E-state index in [1.165, 1.54) is 48.5 Å². The first-order valence-electron chi connectivity index (χ1n) is 21.7. The van der Waals surface area contributed by atoms with Crippen molar-refractivity contribution >= 4 is 97.6 Å². The number of fused-ring (bicyclic) bond motifs is 13. The van der Waals surface area contributed by atoms with Crippen molar-refractivity contribution in [1.82, 2.24) is 19.5 Å². The highest BCUT2D eigenvalue weighted by Crippen LogP contribution is 2.43. The van der Waals surface area contributed by atoms with Crippen LogP contribution in [0.3, 0.4) is 0 Å². The molecule has 64 heavy (non-hydrogen) atoms. The molecule has 296 valence electrons. The van der Waals surface area contributed by atoms with Crippen molar-refractivity contribution in [1.29, 1.82) is 0 Å². The molecule has 0 amide bonds. The number of para-hydroxylation sites is 1. The van der Waals surface area contributed by atoms with Gasteiger partial charge in [0.15, 0.2) is 17.5 Å². The molecule has 0 saturated heterocycles. The summed E-state index contributed by atoms with van der Waals surface area (Å²) in [7, 11) is 0. The van der Waals surface area contributed by atoms with Crippen LogP contribution in [0.25, 0.3) is 137 Å². The zero-order valence-corrected chi connectivity index (χ0v) is 34.3. The molecule has 0 saturated carbocycles. The molecular formula is C59H34N4O. The summed E-state index contributed by atoms with van der Waals surface area (Å²) in [4.78, 5) is 16.1. The topological polar surface area (TPSA) is 56.7 Å². The fourth-order valence-electron chi connectivity index (χ4n) is 10.2. The van der Waals surface area contributed by atoms with E-state index in [-0.39, 0.29) is 0 Å². The lowest BCUT2D eigenvalue weighted by Crippen LogP contribution is -2.02. The maximum absolute atomic E-state index is 6.85. The van der Waals surface area contributed by atoms with Crippen molar-refractivity contribution in [3.63, 3.8) is 0 Å². The molecule has 0 aliphatic rings. The molecule has 14 rings (SSSR count). The number of hydrogen-bond acceptors (Lipinski definition) is 4. The highest BCUT2D eigenvalue weighted by atomic mass is 16.3. The molecule has 3 aromatic heterocycles. The molecule has 11 aromatic carbocycles. The van der Waals surface area contributed by atoms with E-state index in [4.69, 9.17) is 19.4 Å². The Hall–Kier alpha value is -8.67. The molecule has 0 fully saturated rings. The van der Waals surface area contributed by atoms with Crippen LogP contribution in [0.4, 0.5) is 0 Å². The van der Waals surface area contributed by atoms with Gasteiger partial charge in [-0.05, 0) is 96.3 Å². The van der Waals surface area contributed by atoms with E-state index < -0.39 is 0 Å². The van der Waals surface area contributed by atoms with Gasteiger partial charge in [0.25, 0.3) is 0 Å². The molecule has 5 heteroatoms. The maximum Gasteiger partial charge on any atom is 0.167 e. The highest BCUT2D eigenvalue weighted by molar-refractivity contribution is 6.23. The third-order valence-corrected chi connectivity index (χ3v) is 13.2. The van der Waals surface area contributed by atoms with Crippen LogP contribution in [-0.4, -0.2) is 19.5 Å². The van der Waals surface area contributed by atoms with E-state index in [1.807, 2.05) is 12.1 Å². The quantitative estimate of drug-likeness (QED) is 0.166. The van der Waals surface area contributed by atoms with Gasteiger partial charge in [0.2, 0.25) is 0 Å². The summed E-state index contributed by atoms with van der Waals surface area (Å²) in [6, 6.07) is 73.5. The van der Waals surface area contributed by atoms with Crippen LogP contribution in [0.1, 0.15) is 0 Å². The van der Waals surface area contributed by atoms with E-state index in [9.17, 15) is 0 Å². The molecule has 0 aliphatic heterocycles. The van der Waals surface area contributed by atoms with Crippen molar-refractivity contribution < 1.29 is 4.42 Å². The third kappa shape index (κ3) is 5.22. The van der Waals surface area contributed by atoms with Gasteiger partial charge in [-0.25, -0.2) is 15.0 Å². The summed E-state index contributed by atoms with van der Waals surface area (Å²) in [5, 5.41) is 16.2. The monoisotopic (exact) mass is 814 g/mol. The lowest BCUT2D eigenvalue weighted by Gasteiger charge is -2.14. The van der Waals surface area contributed by atoms with Crippen LogP contribution in [-0.2, 0) is 0 Å². The van der Waals surface area contributed by atoms with Crippen LogP contribution >= 0.6 is 0 Å². The lowest BCUT2D eigenvalue weighted by atomic mass is 10.00. The Morgan fingerprint density at radius 1 is 0.328 bits per heavy atom. The van der Waals surface area contributed by atoms with E-state index in [1.54, 1.807) is 0 Å². The first kappa shape index (κ1) is 35.0. The summed E-state index contributed by atoms with van der Waals surface area (Å²) in [6.07, 6.45) is 0. The Morgan fingerprint density at radius 3 is 1.75 bits per heavy atom. The van der Waals surface area contributed by atoms with Crippen molar-refractivity contribution in [3.8, 4) is 39.9 Å². The second-order valence-electron chi connectivity index (χ2n) is 16.8. The van der Waals surface area contributed by atoms with Crippen LogP contribution in [0, 0.1) is 0 Å². The fourth-order valence-corrected chi connectivity index (χ4v) is 10.2. The van der Waals surface area contributed by atoms with Gasteiger partial charge >= 0.3 is 0 Å². The van der Waals surface area contributed by atoms with Gasteiger partial charge in [0.1, 0.15) is 11.2 Å². The minimum atomic E-state index is 0.536. The Morgan fingerprint density at radius 2 is 0.922 bits per heavy atom. The SMILES string of the molecule is c1ccc2cc3c(cc2c1)c1c2ccccc2ccc1n3-c1cc(-c2nc(-c3ccc4c(ccc5ccccc54)c3)nc(-c3cccc4ccccc34)n2)c2oc3ccccc3c2c1. The summed E-state index contributed by atoms with van der Waals surface area (Å²) >= 11 is 0. The molecule has 0 atom stereocenters. The number of nitrogens with zero attached hydrogens (tertiary/aromatic N) is 4. The molecule has 0 N–H and O–H groups in total. The molecule has 0 spiro atoms. The highest BCUT2D eigenvalue weighted by Gasteiger charge is 2.23. The standard InChI is InChI=1S/C59H34N4O/c1-2-16-39-32-53-50(31-38(39)15-1)55-46-20-8-5-14-37(46)27-29-52(55)63(53)42-33-49-47-21-9-10-23-54(47)64-56(49)51(34-42)59-61-57(60-58(62-59)48-22-11-17-35-12-3-7-19-44(35)48)41-26-28-45-40(30-41)25-24-36-13-4-6-18-43(36)45/h1-34H. The van der Waals surface area contributed by atoms with Crippen molar-refractivity contribution in [3.05, 3.63) is 206 Å². The molecule has 3 heterocycles. The predicted molar refractivity (Wildman–Crippen MR) is 265 cm³/mol. The third-order valence-electron chi connectivity index (χ3n) is 13.2. The predicted octanol–water partition coefficient (Wildman–Crippen LogP) is 15.6. The van der Waals surface area contributed by atoms with Crippen molar-refractivity contribution in [2.24, 2.45) is 0 Å². The minimum Gasteiger partial charge on any atom is -0.455 e. The lowest BCUT2D eigenvalue weighted by molar-refractivity contribution is 0.669. The zero-order valence-electron chi connectivity index (χ0n) is 34.3. The van der Waals surface area contributed by atoms with Gasteiger partial charge in [-0.1, -0.05) is 164 Å². The zero-order chi connectivity index (χ0) is 41.9. The van der Waals surface area contributed by atoms with Gasteiger partial charge in [-0.15, -0.1) is 0 Å². The number of furan rings is 1. The second-order valence-corrected chi connectivity index (χ2v) is 16.8. The summed E-state index contributed by atoms with van der Waals surface area (Å²) in [5.74, 6) is 1.72. The minimum absolute atomic E-state index is 0.536. The van der Waals surface area contributed by atoms with Crippen LogP contribution < -0.4 is 0 Å². The molecule has 0 aliphatic carbocycles. The van der Waals surface area contributed by atoms with Gasteiger partial charge in [0, 0.05) is 38.4 Å². The average molecular weight is 815 g/mol. The Balaban J connectivity index is 1.09. The Kier molecular flexibility index (Phi) is 7.33. The van der Waals surface area contributed by atoms with E-state index in [0.717, 1.165) is 71.5 Å². The summed E-state index contributed by atoms with van der Waals surface area (Å²) in [6.45, 7) is 0. The van der Waals surface area contributed by atoms with Gasteiger partial charge in [0.05, 0.1) is 16.6 Å². The summed E-state index contributed by atoms with van der Waals surface area (Å²) < 4.78 is 9.26. The molecule has 0 bridgehead atoms. The first-order chi connectivity index (χ1) is 31.7.